The smallest absolute Gasteiger partial charge is 0.0991 e. The first kappa shape index (κ1) is 17.7. The van der Waals surface area contributed by atoms with Gasteiger partial charge < -0.3 is 0 Å². The maximum atomic E-state index is 9.09. The lowest BCUT2D eigenvalue weighted by Gasteiger charge is -2.12. The molecule has 0 aliphatic rings. The molecule has 0 bridgehead atoms. The van der Waals surface area contributed by atoms with Crippen LogP contribution in [-0.4, -0.2) is 0 Å². The fourth-order valence-corrected chi connectivity index (χ4v) is 4.00. The molecule has 0 spiro atoms. The van der Waals surface area contributed by atoms with Crippen molar-refractivity contribution in [3.8, 4) is 34.4 Å². The highest BCUT2D eigenvalue weighted by atomic mass is 14.2. The van der Waals surface area contributed by atoms with Crippen molar-refractivity contribution in [2.45, 2.75) is 0 Å². The van der Waals surface area contributed by atoms with E-state index in [1.54, 1.807) is 0 Å². The Morgan fingerprint density at radius 2 is 0.900 bits per heavy atom. The molecule has 30 heavy (non-hydrogen) atoms. The highest BCUT2D eigenvalue weighted by molar-refractivity contribution is 6.09. The van der Waals surface area contributed by atoms with E-state index in [2.05, 4.69) is 60.7 Å². The van der Waals surface area contributed by atoms with E-state index in [1.807, 2.05) is 48.5 Å². The van der Waals surface area contributed by atoms with Crippen LogP contribution in [-0.2, 0) is 0 Å². The van der Waals surface area contributed by atoms with Gasteiger partial charge in [-0.05, 0) is 80.2 Å². The Morgan fingerprint density at radius 1 is 0.467 bits per heavy atom. The average molecular weight is 380 g/mol. The highest BCUT2D eigenvalue weighted by Gasteiger charge is 2.09. The van der Waals surface area contributed by atoms with Crippen LogP contribution in [0.25, 0.3) is 43.8 Å². The molecule has 0 amide bonds. The summed E-state index contributed by atoms with van der Waals surface area (Å²) in [6, 6.07) is 37.0. The Morgan fingerprint density at radius 3 is 1.30 bits per heavy atom. The average Bonchev–Trinajstić information content (AvgIpc) is 2.82. The predicted molar refractivity (Wildman–Crippen MR) is 122 cm³/mol. The van der Waals surface area contributed by atoms with E-state index in [-0.39, 0.29) is 0 Å². The molecular formula is C28H16N2. The van der Waals surface area contributed by atoms with E-state index < -0.39 is 0 Å². The molecule has 0 saturated heterocycles. The van der Waals surface area contributed by atoms with Gasteiger partial charge in [-0.15, -0.1) is 0 Å². The van der Waals surface area contributed by atoms with Crippen LogP contribution in [0.1, 0.15) is 11.1 Å². The van der Waals surface area contributed by atoms with E-state index in [4.69, 9.17) is 10.5 Å². The van der Waals surface area contributed by atoms with Crippen molar-refractivity contribution in [1.29, 1.82) is 10.5 Å². The van der Waals surface area contributed by atoms with Crippen LogP contribution < -0.4 is 0 Å². The minimum absolute atomic E-state index is 0.660. The number of hydrogen-bond acceptors (Lipinski definition) is 2. The van der Waals surface area contributed by atoms with Gasteiger partial charge in [0.2, 0.25) is 0 Å². The second kappa shape index (κ2) is 7.21. The lowest BCUT2D eigenvalue weighted by atomic mass is 9.92. The third-order valence-electron chi connectivity index (χ3n) is 5.53. The second-order valence-corrected chi connectivity index (χ2v) is 7.28. The lowest BCUT2D eigenvalue weighted by molar-refractivity contribution is 1.48. The largest absolute Gasteiger partial charge is 0.192 e. The fraction of sp³-hybridized carbons (Fsp3) is 0. The summed E-state index contributed by atoms with van der Waals surface area (Å²) in [5.41, 5.74) is 5.80. The molecule has 0 fully saturated rings. The first-order valence-corrected chi connectivity index (χ1v) is 9.73. The van der Waals surface area contributed by atoms with Gasteiger partial charge in [-0.3, -0.25) is 0 Å². The normalized spacial score (nSPS) is 10.6. The number of nitriles is 2. The van der Waals surface area contributed by atoms with E-state index in [0.29, 0.717) is 11.1 Å². The van der Waals surface area contributed by atoms with Gasteiger partial charge in [-0.2, -0.15) is 10.5 Å². The van der Waals surface area contributed by atoms with E-state index in [1.165, 1.54) is 21.5 Å². The standard InChI is InChI=1S/C28H16N2/c29-17-19-7-11-21(12-8-19)25-5-1-3-23-15-24-4-2-6-26(28(24)16-27(23)25)22-13-9-20(18-30)10-14-22/h1-16H. The van der Waals surface area contributed by atoms with Crippen molar-refractivity contribution in [2.24, 2.45) is 0 Å². The maximum absolute atomic E-state index is 9.09. The van der Waals surface area contributed by atoms with Gasteiger partial charge in [-0.25, -0.2) is 0 Å². The van der Waals surface area contributed by atoms with Gasteiger partial charge in [0.15, 0.2) is 0 Å². The van der Waals surface area contributed by atoms with Crippen molar-refractivity contribution in [1.82, 2.24) is 0 Å². The van der Waals surface area contributed by atoms with Crippen LogP contribution >= 0.6 is 0 Å². The Balaban J connectivity index is 1.76. The quantitative estimate of drug-likeness (QED) is 0.307. The first-order valence-electron chi connectivity index (χ1n) is 9.73. The molecule has 138 valence electrons. The zero-order chi connectivity index (χ0) is 20.5. The molecule has 0 N–H and O–H groups in total. The summed E-state index contributed by atoms with van der Waals surface area (Å²) >= 11 is 0. The number of nitrogens with zero attached hydrogens (tertiary/aromatic N) is 2. The topological polar surface area (TPSA) is 47.6 Å². The van der Waals surface area contributed by atoms with Gasteiger partial charge in [0.1, 0.15) is 0 Å². The Bertz CT molecular complexity index is 1370. The summed E-state index contributed by atoms with van der Waals surface area (Å²) < 4.78 is 0. The Kier molecular flexibility index (Phi) is 4.25. The summed E-state index contributed by atoms with van der Waals surface area (Å²) in [5, 5.41) is 22.9. The van der Waals surface area contributed by atoms with Crippen molar-refractivity contribution in [3.63, 3.8) is 0 Å². The molecule has 2 nitrogen and oxygen atoms in total. The number of rotatable bonds is 2. The van der Waals surface area contributed by atoms with Crippen molar-refractivity contribution < 1.29 is 0 Å². The molecule has 0 radical (unpaired) electrons. The third kappa shape index (κ3) is 2.98. The van der Waals surface area contributed by atoms with Crippen LogP contribution in [0, 0.1) is 22.7 Å². The zero-order valence-corrected chi connectivity index (χ0v) is 16.1. The highest BCUT2D eigenvalue weighted by Crippen LogP contribution is 2.36. The number of fused-ring (bicyclic) bond motifs is 2. The van der Waals surface area contributed by atoms with Gasteiger partial charge in [0, 0.05) is 0 Å². The Labute approximate surface area is 174 Å². The summed E-state index contributed by atoms with van der Waals surface area (Å²) in [5.74, 6) is 0. The SMILES string of the molecule is N#Cc1ccc(-c2cccc3cc4cccc(-c5ccc(C#N)cc5)c4cc23)cc1. The molecule has 0 aromatic heterocycles. The minimum Gasteiger partial charge on any atom is -0.192 e. The molecule has 0 unspecified atom stereocenters. The van der Waals surface area contributed by atoms with E-state index >= 15 is 0 Å². The monoisotopic (exact) mass is 380 g/mol. The summed E-state index contributed by atoms with van der Waals surface area (Å²) in [6.45, 7) is 0. The molecule has 0 atom stereocenters. The van der Waals surface area contributed by atoms with Crippen molar-refractivity contribution >= 4 is 21.5 Å². The second-order valence-electron chi connectivity index (χ2n) is 7.28. The zero-order valence-electron chi connectivity index (χ0n) is 16.1. The molecule has 5 aromatic rings. The van der Waals surface area contributed by atoms with E-state index in [9.17, 15) is 0 Å². The minimum atomic E-state index is 0.660. The van der Waals surface area contributed by atoms with Gasteiger partial charge in [-0.1, -0.05) is 60.7 Å². The number of benzene rings is 5. The van der Waals surface area contributed by atoms with Crippen LogP contribution in [0.4, 0.5) is 0 Å². The van der Waals surface area contributed by atoms with Crippen molar-refractivity contribution in [2.75, 3.05) is 0 Å². The third-order valence-corrected chi connectivity index (χ3v) is 5.53. The molecule has 0 aliphatic heterocycles. The Hall–Kier alpha value is -4.40. The molecule has 5 rings (SSSR count). The van der Waals surface area contributed by atoms with Gasteiger partial charge in [0.25, 0.3) is 0 Å². The molecule has 0 heterocycles. The number of hydrogen-bond donors (Lipinski definition) is 0. The maximum Gasteiger partial charge on any atom is 0.0991 e. The van der Waals surface area contributed by atoms with Crippen LogP contribution in [0.3, 0.4) is 0 Å². The van der Waals surface area contributed by atoms with Crippen molar-refractivity contribution in [3.05, 3.63) is 108 Å². The van der Waals surface area contributed by atoms with Gasteiger partial charge >= 0.3 is 0 Å². The fourth-order valence-electron chi connectivity index (χ4n) is 4.00. The summed E-state index contributed by atoms with van der Waals surface area (Å²) in [7, 11) is 0. The van der Waals surface area contributed by atoms with E-state index in [0.717, 1.165) is 22.3 Å². The van der Waals surface area contributed by atoms with Crippen LogP contribution in [0.15, 0.2) is 97.1 Å². The first-order chi connectivity index (χ1) is 14.8. The van der Waals surface area contributed by atoms with Gasteiger partial charge in [0.05, 0.1) is 23.3 Å². The van der Waals surface area contributed by atoms with Crippen LogP contribution in [0.5, 0.6) is 0 Å². The molecule has 2 heteroatoms. The summed E-state index contributed by atoms with van der Waals surface area (Å²) in [4.78, 5) is 0. The molecule has 0 saturated carbocycles. The molecular weight excluding hydrogens is 364 g/mol. The summed E-state index contributed by atoms with van der Waals surface area (Å²) in [6.07, 6.45) is 0. The molecule has 5 aromatic carbocycles. The lowest BCUT2D eigenvalue weighted by Crippen LogP contribution is -1.86. The predicted octanol–water partition coefficient (Wildman–Crippen LogP) is 7.07. The molecule has 0 aliphatic carbocycles. The van der Waals surface area contributed by atoms with Crippen LogP contribution in [0.2, 0.25) is 0 Å².